The first-order chi connectivity index (χ1) is 10.7. The Bertz CT molecular complexity index is 649. The zero-order valence-corrected chi connectivity index (χ0v) is 13.2. The molecule has 0 aromatic heterocycles. The van der Waals surface area contributed by atoms with Gasteiger partial charge in [0.25, 0.3) is 0 Å². The highest BCUT2D eigenvalue weighted by molar-refractivity contribution is 6.30. The summed E-state index contributed by atoms with van der Waals surface area (Å²) in [5.74, 6) is 0.917. The van der Waals surface area contributed by atoms with Crippen molar-refractivity contribution < 1.29 is 4.79 Å². The third kappa shape index (κ3) is 1.65. The maximum atomic E-state index is 12.5. The van der Waals surface area contributed by atoms with Gasteiger partial charge in [-0.05, 0) is 56.1 Å². The molecule has 0 spiro atoms. The van der Waals surface area contributed by atoms with Crippen molar-refractivity contribution in [3.05, 3.63) is 28.8 Å². The molecule has 1 aromatic rings. The summed E-state index contributed by atoms with van der Waals surface area (Å²) in [5.41, 5.74) is 2.66. The first kappa shape index (κ1) is 13.2. The second-order valence-corrected chi connectivity index (χ2v) is 7.47. The maximum absolute atomic E-state index is 12.5. The van der Waals surface area contributed by atoms with Gasteiger partial charge in [-0.15, -0.1) is 0 Å². The van der Waals surface area contributed by atoms with Gasteiger partial charge in [-0.1, -0.05) is 11.6 Å². The van der Waals surface area contributed by atoms with Crippen LogP contribution in [0.3, 0.4) is 0 Å². The van der Waals surface area contributed by atoms with Crippen molar-refractivity contribution in [3.63, 3.8) is 0 Å². The molecule has 5 rings (SSSR count). The van der Waals surface area contributed by atoms with Crippen molar-refractivity contribution in [3.8, 4) is 0 Å². The number of hydrogen-bond donors (Lipinski definition) is 1. The molecule has 0 unspecified atom stereocenters. The standard InChI is InChI=1S/C17H20ClN3O/c18-10-3-4-14-13(8-10)11-5-7-20-6-1-2-12-15(20)16(11)21(14)9-19-17(12)22/h3-4,8,11-12,15-16H,1-2,5-7,9H2,(H,19,22)/t11-,12+,15+,16+/m0/s1. The molecule has 116 valence electrons. The summed E-state index contributed by atoms with van der Waals surface area (Å²) in [5, 5.41) is 3.99. The quantitative estimate of drug-likeness (QED) is 0.796. The van der Waals surface area contributed by atoms with E-state index in [0.29, 0.717) is 24.7 Å². The average Bonchev–Trinajstić information content (AvgIpc) is 2.76. The minimum Gasteiger partial charge on any atom is -0.348 e. The van der Waals surface area contributed by atoms with Gasteiger partial charge in [0.1, 0.15) is 0 Å². The number of carbonyl (C=O) groups is 1. The predicted octanol–water partition coefficient (Wildman–Crippen LogP) is 2.18. The lowest BCUT2D eigenvalue weighted by atomic mass is 9.75. The number of halogens is 1. The Morgan fingerprint density at radius 2 is 2.05 bits per heavy atom. The molecular formula is C17H20ClN3O. The molecule has 5 heteroatoms. The van der Waals surface area contributed by atoms with Crippen LogP contribution in [0.15, 0.2) is 18.2 Å². The van der Waals surface area contributed by atoms with Crippen LogP contribution < -0.4 is 10.2 Å². The van der Waals surface area contributed by atoms with E-state index in [-0.39, 0.29) is 11.8 Å². The van der Waals surface area contributed by atoms with E-state index in [9.17, 15) is 4.79 Å². The Morgan fingerprint density at radius 1 is 1.14 bits per heavy atom. The first-order valence-electron chi connectivity index (χ1n) is 8.32. The molecule has 0 radical (unpaired) electrons. The molecule has 0 saturated carbocycles. The van der Waals surface area contributed by atoms with E-state index in [2.05, 4.69) is 27.2 Å². The third-order valence-corrected chi connectivity index (χ3v) is 6.34. The van der Waals surface area contributed by atoms with Gasteiger partial charge in [-0.2, -0.15) is 0 Å². The van der Waals surface area contributed by atoms with Crippen LogP contribution in [0.2, 0.25) is 5.02 Å². The molecular weight excluding hydrogens is 298 g/mol. The molecule has 0 bridgehead atoms. The molecule has 1 aromatic carbocycles. The van der Waals surface area contributed by atoms with Crippen molar-refractivity contribution in [2.24, 2.45) is 5.92 Å². The largest absolute Gasteiger partial charge is 0.348 e. The highest BCUT2D eigenvalue weighted by atomic mass is 35.5. The lowest BCUT2D eigenvalue weighted by molar-refractivity contribution is -0.128. The molecule has 3 saturated heterocycles. The fourth-order valence-corrected chi connectivity index (χ4v) is 5.45. The molecule has 3 fully saturated rings. The van der Waals surface area contributed by atoms with E-state index >= 15 is 0 Å². The fraction of sp³-hybridized carbons (Fsp3) is 0.588. The number of amides is 1. The summed E-state index contributed by atoms with van der Waals surface area (Å²) < 4.78 is 0. The fourth-order valence-electron chi connectivity index (χ4n) is 5.27. The van der Waals surface area contributed by atoms with Crippen LogP contribution in [0.5, 0.6) is 0 Å². The lowest BCUT2D eigenvalue weighted by Gasteiger charge is -2.49. The van der Waals surface area contributed by atoms with Crippen molar-refractivity contribution in [1.29, 1.82) is 0 Å². The summed E-state index contributed by atoms with van der Waals surface area (Å²) in [6.45, 7) is 2.88. The molecule has 22 heavy (non-hydrogen) atoms. The Labute approximate surface area is 135 Å². The van der Waals surface area contributed by atoms with Gasteiger partial charge in [0.15, 0.2) is 0 Å². The van der Waals surface area contributed by atoms with Crippen LogP contribution >= 0.6 is 11.6 Å². The van der Waals surface area contributed by atoms with Crippen LogP contribution in [-0.2, 0) is 4.79 Å². The van der Waals surface area contributed by atoms with Crippen LogP contribution in [0, 0.1) is 5.92 Å². The number of rotatable bonds is 0. The number of piperidine rings is 2. The van der Waals surface area contributed by atoms with E-state index < -0.39 is 0 Å². The second kappa shape index (κ2) is 4.62. The molecule has 1 N–H and O–H groups in total. The highest BCUT2D eigenvalue weighted by Gasteiger charge is 2.54. The maximum Gasteiger partial charge on any atom is 0.226 e. The number of hydrogen-bond acceptors (Lipinski definition) is 3. The summed E-state index contributed by atoms with van der Waals surface area (Å²) in [6.07, 6.45) is 3.35. The van der Waals surface area contributed by atoms with Gasteiger partial charge >= 0.3 is 0 Å². The van der Waals surface area contributed by atoms with Crippen molar-refractivity contribution >= 4 is 23.2 Å². The Kier molecular flexibility index (Phi) is 2.77. The second-order valence-electron chi connectivity index (χ2n) is 7.03. The van der Waals surface area contributed by atoms with Crippen molar-refractivity contribution in [2.45, 2.75) is 37.3 Å². The van der Waals surface area contributed by atoms with Crippen LogP contribution in [0.4, 0.5) is 5.69 Å². The number of nitrogens with one attached hydrogen (secondary N) is 1. The SMILES string of the molecule is O=C1NCN2c3ccc(Cl)cc3[C@@H]3CCN4CCC[C@@H]1[C@@H]4[C@@H]32. The first-order valence-corrected chi connectivity index (χ1v) is 8.70. The van der Waals surface area contributed by atoms with E-state index in [0.717, 1.165) is 31.0 Å². The molecule has 1 amide bonds. The van der Waals surface area contributed by atoms with Gasteiger partial charge in [-0.3, -0.25) is 9.69 Å². The van der Waals surface area contributed by atoms with E-state index in [1.54, 1.807) is 0 Å². The van der Waals surface area contributed by atoms with Crippen LogP contribution in [-0.4, -0.2) is 42.6 Å². The highest BCUT2D eigenvalue weighted by Crippen LogP contribution is 2.50. The van der Waals surface area contributed by atoms with Gasteiger partial charge in [0.05, 0.1) is 18.6 Å². The van der Waals surface area contributed by atoms with Gasteiger partial charge in [0, 0.05) is 22.7 Å². The number of fused-ring (bicyclic) bond motifs is 3. The number of anilines is 1. The number of benzene rings is 1. The van der Waals surface area contributed by atoms with E-state index in [1.807, 2.05) is 6.07 Å². The van der Waals surface area contributed by atoms with Crippen LogP contribution in [0.1, 0.15) is 30.7 Å². The van der Waals surface area contributed by atoms with Gasteiger partial charge in [0.2, 0.25) is 5.91 Å². The summed E-state index contributed by atoms with van der Waals surface area (Å²) in [4.78, 5) is 17.5. The Morgan fingerprint density at radius 3 is 2.95 bits per heavy atom. The molecule has 4 nitrogen and oxygen atoms in total. The third-order valence-electron chi connectivity index (χ3n) is 6.10. The van der Waals surface area contributed by atoms with Crippen molar-refractivity contribution in [1.82, 2.24) is 10.2 Å². The number of carbonyl (C=O) groups excluding carboxylic acids is 1. The molecule has 4 heterocycles. The van der Waals surface area contributed by atoms with Crippen LogP contribution in [0.25, 0.3) is 0 Å². The normalized spacial score (nSPS) is 36.4. The molecule has 4 atom stereocenters. The number of nitrogens with zero attached hydrogens (tertiary/aromatic N) is 2. The average molecular weight is 318 g/mol. The zero-order chi connectivity index (χ0) is 14.8. The van der Waals surface area contributed by atoms with Crippen molar-refractivity contribution in [2.75, 3.05) is 24.7 Å². The molecule has 0 aliphatic carbocycles. The summed E-state index contributed by atoms with van der Waals surface area (Å²) in [7, 11) is 0. The monoisotopic (exact) mass is 317 g/mol. The smallest absolute Gasteiger partial charge is 0.226 e. The summed E-state index contributed by atoms with van der Waals surface area (Å²) >= 11 is 6.25. The van der Waals surface area contributed by atoms with Gasteiger partial charge < -0.3 is 10.2 Å². The zero-order valence-electron chi connectivity index (χ0n) is 12.5. The Balaban J connectivity index is 1.66. The van der Waals surface area contributed by atoms with E-state index in [4.69, 9.17) is 11.6 Å². The topological polar surface area (TPSA) is 35.6 Å². The minimum atomic E-state index is 0.149. The molecule has 4 aliphatic heterocycles. The molecule has 4 aliphatic rings. The summed E-state index contributed by atoms with van der Waals surface area (Å²) in [6, 6.07) is 7.04. The predicted molar refractivity (Wildman–Crippen MR) is 86.2 cm³/mol. The Hall–Kier alpha value is -1.26. The lowest BCUT2D eigenvalue weighted by Crippen LogP contribution is -2.60. The van der Waals surface area contributed by atoms with Gasteiger partial charge in [-0.25, -0.2) is 0 Å². The van der Waals surface area contributed by atoms with E-state index in [1.165, 1.54) is 17.7 Å². The minimum absolute atomic E-state index is 0.149.